The van der Waals surface area contributed by atoms with E-state index in [0.29, 0.717) is 6.54 Å². The maximum absolute atomic E-state index is 12.1. The third-order valence-corrected chi connectivity index (χ3v) is 4.10. The minimum atomic E-state index is -0.322. The highest BCUT2D eigenvalue weighted by Crippen LogP contribution is 2.22. The van der Waals surface area contributed by atoms with E-state index in [2.05, 4.69) is 5.32 Å². The van der Waals surface area contributed by atoms with E-state index in [4.69, 9.17) is 5.73 Å². The van der Waals surface area contributed by atoms with Gasteiger partial charge in [0.05, 0.1) is 12.6 Å². The number of nitrogens with zero attached hydrogens (tertiary/aromatic N) is 1. The minimum Gasteiger partial charge on any atom is -0.391 e. The molecule has 1 aromatic rings. The normalized spacial score (nSPS) is 22.3. The molecular formula is C16H25N3O2. The van der Waals surface area contributed by atoms with E-state index in [0.717, 1.165) is 36.9 Å². The molecule has 0 aliphatic heterocycles. The van der Waals surface area contributed by atoms with Gasteiger partial charge in [-0.2, -0.15) is 0 Å². The van der Waals surface area contributed by atoms with Crippen LogP contribution in [0.5, 0.6) is 0 Å². The molecule has 0 bridgehead atoms. The number of benzene rings is 1. The lowest BCUT2D eigenvalue weighted by molar-refractivity contribution is -0.118. The number of hydrogen-bond donors (Lipinski definition) is 3. The Labute approximate surface area is 126 Å². The van der Waals surface area contributed by atoms with Gasteiger partial charge in [-0.15, -0.1) is 0 Å². The number of amides is 1. The topological polar surface area (TPSA) is 78.6 Å². The second-order valence-electron chi connectivity index (χ2n) is 5.79. The highest BCUT2D eigenvalue weighted by molar-refractivity contribution is 5.92. The first kappa shape index (κ1) is 15.9. The minimum absolute atomic E-state index is 0.0653. The number of carbonyl (C=O) groups is 1. The summed E-state index contributed by atoms with van der Waals surface area (Å²) in [6.45, 7) is 0.743. The van der Waals surface area contributed by atoms with Crippen LogP contribution in [0.1, 0.15) is 31.2 Å². The summed E-state index contributed by atoms with van der Waals surface area (Å²) in [6.07, 6.45) is 3.65. The molecule has 1 saturated carbocycles. The fraction of sp³-hybridized carbons (Fsp3) is 0.562. The molecule has 5 nitrogen and oxygen atoms in total. The van der Waals surface area contributed by atoms with Crippen molar-refractivity contribution < 1.29 is 9.90 Å². The van der Waals surface area contributed by atoms with Crippen molar-refractivity contribution in [3.63, 3.8) is 0 Å². The third kappa shape index (κ3) is 4.52. The molecule has 1 aliphatic rings. The lowest BCUT2D eigenvalue weighted by atomic mass is 9.91. The molecule has 1 fully saturated rings. The molecule has 0 heterocycles. The number of aliphatic hydroxyl groups is 1. The van der Waals surface area contributed by atoms with Crippen molar-refractivity contribution in [1.82, 2.24) is 4.90 Å². The van der Waals surface area contributed by atoms with E-state index >= 15 is 0 Å². The van der Waals surface area contributed by atoms with Gasteiger partial charge in [-0.3, -0.25) is 9.69 Å². The first-order valence-corrected chi connectivity index (χ1v) is 7.57. The molecule has 116 valence electrons. The van der Waals surface area contributed by atoms with Crippen LogP contribution in [0.25, 0.3) is 0 Å². The van der Waals surface area contributed by atoms with Gasteiger partial charge in [0, 0.05) is 18.3 Å². The highest BCUT2D eigenvalue weighted by Gasteiger charge is 2.27. The molecule has 0 spiro atoms. The summed E-state index contributed by atoms with van der Waals surface area (Å²) in [6, 6.07) is 7.63. The van der Waals surface area contributed by atoms with Crippen LogP contribution in [-0.4, -0.2) is 41.7 Å². The first-order chi connectivity index (χ1) is 10.1. The van der Waals surface area contributed by atoms with Crippen LogP contribution in [0.3, 0.4) is 0 Å². The Kier molecular flexibility index (Phi) is 5.73. The number of rotatable bonds is 5. The van der Waals surface area contributed by atoms with Crippen molar-refractivity contribution >= 4 is 11.6 Å². The highest BCUT2D eigenvalue weighted by atomic mass is 16.3. The van der Waals surface area contributed by atoms with Crippen molar-refractivity contribution in [3.8, 4) is 0 Å². The Bertz CT molecular complexity index is 478. The van der Waals surface area contributed by atoms with Crippen LogP contribution in [0.4, 0.5) is 5.69 Å². The van der Waals surface area contributed by atoms with E-state index < -0.39 is 0 Å². The smallest absolute Gasteiger partial charge is 0.238 e. The Balaban J connectivity index is 1.88. The van der Waals surface area contributed by atoms with Gasteiger partial charge in [-0.25, -0.2) is 0 Å². The van der Waals surface area contributed by atoms with E-state index in [9.17, 15) is 9.90 Å². The van der Waals surface area contributed by atoms with E-state index in [1.54, 1.807) is 0 Å². The predicted molar refractivity (Wildman–Crippen MR) is 83.9 cm³/mol. The summed E-state index contributed by atoms with van der Waals surface area (Å²) in [4.78, 5) is 14.1. The number of nitrogens with one attached hydrogen (secondary N) is 1. The molecule has 0 aromatic heterocycles. The Morgan fingerprint density at radius 3 is 2.90 bits per heavy atom. The maximum atomic E-state index is 12.1. The molecule has 0 radical (unpaired) electrons. The monoisotopic (exact) mass is 291 g/mol. The van der Waals surface area contributed by atoms with E-state index in [1.165, 1.54) is 0 Å². The lowest BCUT2D eigenvalue weighted by Crippen LogP contribution is -2.46. The van der Waals surface area contributed by atoms with Gasteiger partial charge in [0.25, 0.3) is 0 Å². The summed E-state index contributed by atoms with van der Waals surface area (Å²) in [5, 5.41) is 12.9. The number of hydrogen-bond acceptors (Lipinski definition) is 4. The molecule has 1 aromatic carbocycles. The van der Waals surface area contributed by atoms with Crippen LogP contribution in [0.2, 0.25) is 0 Å². The average Bonchev–Trinajstić information content (AvgIpc) is 2.47. The van der Waals surface area contributed by atoms with Crippen molar-refractivity contribution in [3.05, 3.63) is 29.8 Å². The molecule has 4 N–H and O–H groups in total. The number of carbonyl (C=O) groups excluding carboxylic acids is 1. The largest absolute Gasteiger partial charge is 0.391 e. The lowest BCUT2D eigenvalue weighted by Gasteiger charge is -2.34. The summed E-state index contributed by atoms with van der Waals surface area (Å²) in [7, 11) is 1.90. The van der Waals surface area contributed by atoms with Crippen molar-refractivity contribution in [2.75, 3.05) is 18.9 Å². The Morgan fingerprint density at radius 2 is 2.19 bits per heavy atom. The van der Waals surface area contributed by atoms with Crippen LogP contribution in [0.15, 0.2) is 24.3 Å². The molecule has 0 saturated heterocycles. The standard InChI is InChI=1S/C16H25N3O2/c1-19(14-7-2-3-8-15(14)20)11-16(21)18-13-6-4-5-12(9-13)10-17/h4-6,9,14-15,20H,2-3,7-8,10-11,17H2,1H3,(H,18,21). The zero-order chi connectivity index (χ0) is 15.2. The molecule has 1 amide bonds. The fourth-order valence-corrected chi connectivity index (χ4v) is 2.93. The number of aliphatic hydroxyl groups excluding tert-OH is 1. The predicted octanol–water partition coefficient (Wildman–Crippen LogP) is 1.32. The fourth-order valence-electron chi connectivity index (χ4n) is 2.93. The maximum Gasteiger partial charge on any atom is 0.238 e. The SMILES string of the molecule is CN(CC(=O)Nc1cccc(CN)c1)C1CCCCC1O. The molecule has 2 unspecified atom stereocenters. The van der Waals surface area contributed by atoms with Crippen LogP contribution >= 0.6 is 0 Å². The summed E-state index contributed by atoms with van der Waals surface area (Å²) in [5.74, 6) is -0.0653. The molecule has 2 rings (SSSR count). The van der Waals surface area contributed by atoms with Crippen molar-refractivity contribution in [2.45, 2.75) is 44.4 Å². The number of nitrogens with two attached hydrogens (primary N) is 1. The Hall–Kier alpha value is -1.43. The van der Waals surface area contributed by atoms with Crippen LogP contribution in [-0.2, 0) is 11.3 Å². The zero-order valence-corrected chi connectivity index (χ0v) is 12.6. The molecule has 2 atom stereocenters. The second-order valence-corrected chi connectivity index (χ2v) is 5.79. The van der Waals surface area contributed by atoms with Gasteiger partial charge in [-0.1, -0.05) is 25.0 Å². The van der Waals surface area contributed by atoms with Gasteiger partial charge < -0.3 is 16.2 Å². The third-order valence-electron chi connectivity index (χ3n) is 4.10. The number of anilines is 1. The summed E-state index contributed by atoms with van der Waals surface area (Å²) in [5.41, 5.74) is 7.35. The van der Waals surface area contributed by atoms with Crippen molar-refractivity contribution in [2.24, 2.45) is 5.73 Å². The second kappa shape index (κ2) is 7.54. The van der Waals surface area contributed by atoms with Gasteiger partial charge in [-0.05, 0) is 37.6 Å². The van der Waals surface area contributed by atoms with Crippen LogP contribution < -0.4 is 11.1 Å². The first-order valence-electron chi connectivity index (χ1n) is 7.57. The van der Waals surface area contributed by atoms with Gasteiger partial charge in [0.2, 0.25) is 5.91 Å². The molecule has 1 aliphatic carbocycles. The van der Waals surface area contributed by atoms with Crippen LogP contribution in [0, 0.1) is 0 Å². The molecule has 21 heavy (non-hydrogen) atoms. The van der Waals surface area contributed by atoms with E-state index in [-0.39, 0.29) is 24.6 Å². The summed E-state index contributed by atoms with van der Waals surface area (Å²) >= 11 is 0. The number of likely N-dealkylation sites (N-methyl/N-ethyl adjacent to an activating group) is 1. The van der Waals surface area contributed by atoms with Gasteiger partial charge >= 0.3 is 0 Å². The van der Waals surface area contributed by atoms with Gasteiger partial charge in [0.15, 0.2) is 0 Å². The van der Waals surface area contributed by atoms with Gasteiger partial charge in [0.1, 0.15) is 0 Å². The quantitative estimate of drug-likeness (QED) is 0.764. The van der Waals surface area contributed by atoms with Crippen molar-refractivity contribution in [1.29, 1.82) is 0 Å². The van der Waals surface area contributed by atoms with E-state index in [1.807, 2.05) is 36.2 Å². The summed E-state index contributed by atoms with van der Waals surface area (Å²) < 4.78 is 0. The molecular weight excluding hydrogens is 266 g/mol. The average molecular weight is 291 g/mol. The Morgan fingerprint density at radius 1 is 1.43 bits per heavy atom. The molecule has 5 heteroatoms. The zero-order valence-electron chi connectivity index (χ0n) is 12.6.